The Morgan fingerprint density at radius 3 is 2.48 bits per heavy atom. The molecule has 0 spiro atoms. The first-order valence-corrected chi connectivity index (χ1v) is 7.94. The van der Waals surface area contributed by atoms with Gasteiger partial charge < -0.3 is 11.1 Å². The van der Waals surface area contributed by atoms with Crippen molar-refractivity contribution in [1.29, 1.82) is 0 Å². The largest absolute Gasteiger partial charge is 0.326 e. The molecular formula is C17H29N3O. The third kappa shape index (κ3) is 5.86. The standard InChI is InChI=1S/C17H29N3O/c1-4-14(5-2)12-20(6-3)13-17(21)19-16-10-8-7-9-15(16)11-18/h7-10,14H,4-6,11-13,18H2,1-3H3,(H,19,21). The molecule has 0 aliphatic carbocycles. The molecule has 0 aliphatic rings. The Morgan fingerprint density at radius 2 is 1.90 bits per heavy atom. The molecule has 3 N–H and O–H groups in total. The number of anilines is 1. The third-order valence-corrected chi connectivity index (χ3v) is 4.00. The Balaban J connectivity index is 2.58. The van der Waals surface area contributed by atoms with Gasteiger partial charge in [-0.2, -0.15) is 0 Å². The summed E-state index contributed by atoms with van der Waals surface area (Å²) in [5, 5.41) is 2.97. The molecule has 0 aromatic heterocycles. The number of rotatable bonds is 9. The molecule has 1 amide bonds. The molecule has 0 heterocycles. The summed E-state index contributed by atoms with van der Waals surface area (Å²) in [4.78, 5) is 14.4. The van der Waals surface area contributed by atoms with Crippen molar-refractivity contribution >= 4 is 11.6 Å². The van der Waals surface area contributed by atoms with Crippen LogP contribution in [-0.4, -0.2) is 30.4 Å². The molecule has 4 heteroatoms. The normalized spacial score (nSPS) is 11.1. The van der Waals surface area contributed by atoms with Crippen molar-refractivity contribution in [2.75, 3.05) is 25.0 Å². The van der Waals surface area contributed by atoms with E-state index < -0.39 is 0 Å². The number of carbonyl (C=O) groups excluding carboxylic acids is 1. The van der Waals surface area contributed by atoms with Crippen LogP contribution in [0.3, 0.4) is 0 Å². The van der Waals surface area contributed by atoms with Crippen LogP contribution in [0.2, 0.25) is 0 Å². The molecule has 0 saturated heterocycles. The van der Waals surface area contributed by atoms with Crippen LogP contribution in [0.4, 0.5) is 5.69 Å². The summed E-state index contributed by atoms with van der Waals surface area (Å²) < 4.78 is 0. The molecule has 0 bridgehead atoms. The number of para-hydroxylation sites is 1. The average molecular weight is 291 g/mol. The molecule has 0 atom stereocenters. The Hall–Kier alpha value is -1.39. The van der Waals surface area contributed by atoms with E-state index in [1.807, 2.05) is 24.3 Å². The summed E-state index contributed by atoms with van der Waals surface area (Å²) >= 11 is 0. The second-order valence-corrected chi connectivity index (χ2v) is 5.42. The SMILES string of the molecule is CCC(CC)CN(CC)CC(=O)Nc1ccccc1CN. The van der Waals surface area contributed by atoms with Gasteiger partial charge in [0.2, 0.25) is 5.91 Å². The zero-order valence-electron chi connectivity index (χ0n) is 13.6. The number of carbonyl (C=O) groups is 1. The van der Waals surface area contributed by atoms with E-state index in [0.717, 1.165) is 37.2 Å². The quantitative estimate of drug-likeness (QED) is 0.735. The molecule has 118 valence electrons. The average Bonchev–Trinajstić information content (AvgIpc) is 2.51. The van der Waals surface area contributed by atoms with Gasteiger partial charge in [0.15, 0.2) is 0 Å². The number of nitrogens with one attached hydrogen (secondary N) is 1. The molecule has 0 saturated carbocycles. The Labute approximate surface area is 128 Å². The number of nitrogens with zero attached hydrogens (tertiary/aromatic N) is 1. The van der Waals surface area contributed by atoms with Crippen molar-refractivity contribution in [3.8, 4) is 0 Å². The number of hydrogen-bond acceptors (Lipinski definition) is 3. The summed E-state index contributed by atoms with van der Waals surface area (Å²) in [5.41, 5.74) is 7.48. The van der Waals surface area contributed by atoms with Gasteiger partial charge in [-0.3, -0.25) is 9.69 Å². The zero-order valence-corrected chi connectivity index (χ0v) is 13.6. The first-order valence-electron chi connectivity index (χ1n) is 7.94. The van der Waals surface area contributed by atoms with E-state index in [1.165, 1.54) is 0 Å². The van der Waals surface area contributed by atoms with E-state index in [1.54, 1.807) is 0 Å². The summed E-state index contributed by atoms with van der Waals surface area (Å²) in [6.45, 7) is 9.26. The highest BCUT2D eigenvalue weighted by Crippen LogP contribution is 2.14. The molecule has 0 fully saturated rings. The van der Waals surface area contributed by atoms with E-state index in [9.17, 15) is 4.79 Å². The highest BCUT2D eigenvalue weighted by atomic mass is 16.2. The number of nitrogens with two attached hydrogens (primary N) is 1. The fraction of sp³-hybridized carbons (Fsp3) is 0.588. The summed E-state index contributed by atoms with van der Waals surface area (Å²) in [6.07, 6.45) is 2.31. The second kappa shape index (κ2) is 9.53. The second-order valence-electron chi connectivity index (χ2n) is 5.42. The van der Waals surface area contributed by atoms with Gasteiger partial charge in [0, 0.05) is 18.8 Å². The first kappa shape index (κ1) is 17.7. The summed E-state index contributed by atoms with van der Waals surface area (Å²) in [7, 11) is 0. The van der Waals surface area contributed by atoms with Crippen molar-refractivity contribution in [2.24, 2.45) is 11.7 Å². The number of amides is 1. The molecule has 4 nitrogen and oxygen atoms in total. The van der Waals surface area contributed by atoms with Crippen LogP contribution in [0.1, 0.15) is 39.2 Å². The minimum atomic E-state index is 0.0312. The van der Waals surface area contributed by atoms with Gasteiger partial charge >= 0.3 is 0 Å². The molecule has 1 aromatic carbocycles. The van der Waals surface area contributed by atoms with Crippen molar-refractivity contribution < 1.29 is 4.79 Å². The lowest BCUT2D eigenvalue weighted by Gasteiger charge is -2.24. The maximum absolute atomic E-state index is 12.2. The van der Waals surface area contributed by atoms with Crippen LogP contribution in [0, 0.1) is 5.92 Å². The Morgan fingerprint density at radius 1 is 1.24 bits per heavy atom. The number of benzene rings is 1. The molecule has 21 heavy (non-hydrogen) atoms. The van der Waals surface area contributed by atoms with Crippen molar-refractivity contribution in [3.63, 3.8) is 0 Å². The maximum Gasteiger partial charge on any atom is 0.238 e. The van der Waals surface area contributed by atoms with Gasteiger partial charge in [0.1, 0.15) is 0 Å². The predicted octanol–water partition coefficient (Wildman–Crippen LogP) is 2.84. The summed E-state index contributed by atoms with van der Waals surface area (Å²) in [5.74, 6) is 0.692. The minimum Gasteiger partial charge on any atom is -0.326 e. The maximum atomic E-state index is 12.2. The molecular weight excluding hydrogens is 262 g/mol. The molecule has 0 unspecified atom stereocenters. The van der Waals surface area contributed by atoms with Gasteiger partial charge in [-0.15, -0.1) is 0 Å². The fourth-order valence-electron chi connectivity index (χ4n) is 2.43. The lowest BCUT2D eigenvalue weighted by Crippen LogP contribution is -2.36. The van der Waals surface area contributed by atoms with Crippen LogP contribution in [0.5, 0.6) is 0 Å². The van der Waals surface area contributed by atoms with Gasteiger partial charge in [0.25, 0.3) is 0 Å². The van der Waals surface area contributed by atoms with E-state index in [0.29, 0.717) is 19.0 Å². The summed E-state index contributed by atoms with van der Waals surface area (Å²) in [6, 6.07) is 7.69. The predicted molar refractivity (Wildman–Crippen MR) is 89.1 cm³/mol. The highest BCUT2D eigenvalue weighted by Gasteiger charge is 2.14. The van der Waals surface area contributed by atoms with Crippen LogP contribution in [0.25, 0.3) is 0 Å². The van der Waals surface area contributed by atoms with Gasteiger partial charge in [-0.05, 0) is 24.1 Å². The molecule has 0 radical (unpaired) electrons. The van der Waals surface area contributed by atoms with Crippen molar-refractivity contribution in [1.82, 2.24) is 4.90 Å². The van der Waals surface area contributed by atoms with Gasteiger partial charge in [-0.1, -0.05) is 51.8 Å². The number of hydrogen-bond donors (Lipinski definition) is 2. The third-order valence-electron chi connectivity index (χ3n) is 4.00. The number of likely N-dealkylation sites (N-methyl/N-ethyl adjacent to an activating group) is 1. The monoisotopic (exact) mass is 291 g/mol. The van der Waals surface area contributed by atoms with Gasteiger partial charge in [0.05, 0.1) is 6.54 Å². The Kier molecular flexibility index (Phi) is 8.01. The lowest BCUT2D eigenvalue weighted by molar-refractivity contribution is -0.117. The molecule has 1 rings (SSSR count). The van der Waals surface area contributed by atoms with E-state index in [4.69, 9.17) is 5.73 Å². The minimum absolute atomic E-state index is 0.0312. The van der Waals surface area contributed by atoms with Crippen LogP contribution < -0.4 is 11.1 Å². The van der Waals surface area contributed by atoms with E-state index in [2.05, 4.69) is 31.0 Å². The lowest BCUT2D eigenvalue weighted by atomic mass is 10.0. The first-order chi connectivity index (χ1) is 10.1. The molecule has 0 aliphatic heterocycles. The van der Waals surface area contributed by atoms with Crippen LogP contribution in [0.15, 0.2) is 24.3 Å². The van der Waals surface area contributed by atoms with Crippen molar-refractivity contribution in [2.45, 2.75) is 40.2 Å². The zero-order chi connectivity index (χ0) is 15.7. The highest BCUT2D eigenvalue weighted by molar-refractivity contribution is 5.92. The van der Waals surface area contributed by atoms with E-state index >= 15 is 0 Å². The fourth-order valence-corrected chi connectivity index (χ4v) is 2.43. The molecule has 1 aromatic rings. The van der Waals surface area contributed by atoms with Gasteiger partial charge in [-0.25, -0.2) is 0 Å². The van der Waals surface area contributed by atoms with Crippen molar-refractivity contribution in [3.05, 3.63) is 29.8 Å². The Bertz CT molecular complexity index is 430. The van der Waals surface area contributed by atoms with E-state index in [-0.39, 0.29) is 5.91 Å². The van der Waals surface area contributed by atoms with Crippen LogP contribution in [-0.2, 0) is 11.3 Å². The smallest absolute Gasteiger partial charge is 0.238 e. The topological polar surface area (TPSA) is 58.4 Å². The van der Waals surface area contributed by atoms with Crippen LogP contribution >= 0.6 is 0 Å².